The van der Waals surface area contributed by atoms with Gasteiger partial charge in [-0.05, 0) is 36.8 Å². The summed E-state index contributed by atoms with van der Waals surface area (Å²) in [5, 5.41) is 9.44. The topological polar surface area (TPSA) is 60.2 Å². The van der Waals surface area contributed by atoms with E-state index in [0.717, 1.165) is 37.3 Å². The number of aromatic nitrogens is 1. The molecular formula is C24H21F3N4OS. The lowest BCUT2D eigenvalue weighted by Crippen LogP contribution is -2.48. The van der Waals surface area contributed by atoms with Gasteiger partial charge in [-0.1, -0.05) is 24.3 Å². The van der Waals surface area contributed by atoms with Crippen molar-refractivity contribution in [1.29, 1.82) is 5.26 Å². The van der Waals surface area contributed by atoms with Gasteiger partial charge < -0.3 is 4.90 Å². The van der Waals surface area contributed by atoms with E-state index in [1.165, 1.54) is 23.5 Å². The van der Waals surface area contributed by atoms with Crippen molar-refractivity contribution in [3.05, 3.63) is 75.8 Å². The highest BCUT2D eigenvalue weighted by Crippen LogP contribution is 2.33. The number of amides is 1. The van der Waals surface area contributed by atoms with Crippen LogP contribution in [0.1, 0.15) is 32.1 Å². The molecule has 0 unspecified atom stereocenters. The predicted molar refractivity (Wildman–Crippen MR) is 120 cm³/mol. The molecule has 2 aromatic carbocycles. The molecule has 9 heteroatoms. The number of aryl methyl sites for hydroxylation is 1. The number of piperazine rings is 1. The average Bonchev–Trinajstić information content (AvgIpc) is 3.21. The molecule has 3 aromatic rings. The van der Waals surface area contributed by atoms with Gasteiger partial charge in [0.05, 0.1) is 22.9 Å². The zero-order chi connectivity index (χ0) is 23.6. The summed E-state index contributed by atoms with van der Waals surface area (Å²) in [5.74, 6) is -0.0961. The summed E-state index contributed by atoms with van der Waals surface area (Å²) in [4.78, 5) is 22.1. The number of alkyl halides is 3. The molecule has 0 N–H and O–H groups in total. The minimum absolute atomic E-state index is 0.0961. The third kappa shape index (κ3) is 5.24. The van der Waals surface area contributed by atoms with E-state index < -0.39 is 11.7 Å². The van der Waals surface area contributed by atoms with Gasteiger partial charge in [-0.2, -0.15) is 18.4 Å². The lowest BCUT2D eigenvalue weighted by atomic mass is 10.1. The van der Waals surface area contributed by atoms with E-state index >= 15 is 0 Å². The van der Waals surface area contributed by atoms with Gasteiger partial charge in [-0.25, -0.2) is 4.98 Å². The van der Waals surface area contributed by atoms with Crippen LogP contribution in [0.3, 0.4) is 0 Å². The summed E-state index contributed by atoms with van der Waals surface area (Å²) in [5.41, 5.74) is 2.18. The van der Waals surface area contributed by atoms with Crippen LogP contribution in [0.4, 0.5) is 13.2 Å². The Morgan fingerprint density at radius 1 is 1.06 bits per heavy atom. The maximum atomic E-state index is 13.1. The Morgan fingerprint density at radius 2 is 1.70 bits per heavy atom. The molecule has 170 valence electrons. The quantitative estimate of drug-likeness (QED) is 0.540. The number of rotatable bonds is 4. The van der Waals surface area contributed by atoms with Crippen LogP contribution in [0, 0.1) is 18.3 Å². The first kappa shape index (κ1) is 23.0. The van der Waals surface area contributed by atoms with Gasteiger partial charge in [0.2, 0.25) is 0 Å². The molecule has 33 heavy (non-hydrogen) atoms. The second-order valence-electron chi connectivity index (χ2n) is 7.89. The number of halogens is 3. The van der Waals surface area contributed by atoms with Gasteiger partial charge in [0.15, 0.2) is 0 Å². The van der Waals surface area contributed by atoms with Gasteiger partial charge in [-0.3, -0.25) is 9.69 Å². The SMILES string of the molecule is Cc1nc(-c2ccc(C(F)(F)F)cc2)sc1C(=O)N1CCN(Cc2ccc(C#N)cc2)CC1. The Bertz CT molecular complexity index is 1170. The van der Waals surface area contributed by atoms with E-state index in [9.17, 15) is 18.0 Å². The molecule has 2 heterocycles. The summed E-state index contributed by atoms with van der Waals surface area (Å²) in [6.45, 7) is 5.14. The van der Waals surface area contributed by atoms with Crippen molar-refractivity contribution in [2.45, 2.75) is 19.6 Å². The van der Waals surface area contributed by atoms with Crippen LogP contribution in [-0.4, -0.2) is 46.9 Å². The summed E-state index contributed by atoms with van der Waals surface area (Å²) in [6, 6.07) is 14.4. The molecule has 5 nitrogen and oxygen atoms in total. The Labute approximate surface area is 193 Å². The molecule has 0 radical (unpaired) electrons. The maximum absolute atomic E-state index is 13.1. The highest BCUT2D eigenvalue weighted by Gasteiger charge is 2.30. The molecule has 0 aliphatic carbocycles. The van der Waals surface area contributed by atoms with Crippen LogP contribution < -0.4 is 0 Å². The van der Waals surface area contributed by atoms with Crippen molar-refractivity contribution in [3.63, 3.8) is 0 Å². The fourth-order valence-corrected chi connectivity index (χ4v) is 4.76. The first-order valence-electron chi connectivity index (χ1n) is 10.4. The van der Waals surface area contributed by atoms with Crippen LogP contribution in [0.2, 0.25) is 0 Å². The molecule has 1 aliphatic heterocycles. The van der Waals surface area contributed by atoms with E-state index in [0.29, 0.717) is 39.8 Å². The van der Waals surface area contributed by atoms with E-state index in [2.05, 4.69) is 16.0 Å². The van der Waals surface area contributed by atoms with E-state index in [4.69, 9.17) is 5.26 Å². The lowest BCUT2D eigenvalue weighted by Gasteiger charge is -2.34. The minimum Gasteiger partial charge on any atom is -0.335 e. The Hall–Kier alpha value is -3.22. The van der Waals surface area contributed by atoms with E-state index in [1.54, 1.807) is 24.0 Å². The van der Waals surface area contributed by atoms with Crippen molar-refractivity contribution in [2.75, 3.05) is 26.2 Å². The molecule has 0 saturated carbocycles. The molecule has 0 spiro atoms. The number of hydrogen-bond donors (Lipinski definition) is 0. The zero-order valence-corrected chi connectivity index (χ0v) is 18.7. The second-order valence-corrected chi connectivity index (χ2v) is 8.88. The van der Waals surface area contributed by atoms with Crippen LogP contribution in [0.5, 0.6) is 0 Å². The second kappa shape index (κ2) is 9.33. The number of thiazole rings is 1. The summed E-state index contributed by atoms with van der Waals surface area (Å²) < 4.78 is 38.4. The molecule has 0 atom stereocenters. The molecular weight excluding hydrogens is 449 g/mol. The molecule has 4 rings (SSSR count). The van der Waals surface area contributed by atoms with Crippen LogP contribution in [-0.2, 0) is 12.7 Å². The third-order valence-electron chi connectivity index (χ3n) is 5.60. The Kier molecular flexibility index (Phi) is 6.49. The number of benzene rings is 2. The van der Waals surface area contributed by atoms with Crippen molar-refractivity contribution < 1.29 is 18.0 Å². The van der Waals surface area contributed by atoms with E-state index in [1.807, 2.05) is 12.1 Å². The highest BCUT2D eigenvalue weighted by atomic mass is 32.1. The molecule has 1 amide bonds. The van der Waals surface area contributed by atoms with Gasteiger partial charge in [-0.15, -0.1) is 11.3 Å². The first-order valence-corrected chi connectivity index (χ1v) is 11.2. The normalized spacial score (nSPS) is 14.8. The largest absolute Gasteiger partial charge is 0.416 e. The molecule has 1 fully saturated rings. The monoisotopic (exact) mass is 470 g/mol. The number of nitrogens with zero attached hydrogens (tertiary/aromatic N) is 4. The summed E-state index contributed by atoms with van der Waals surface area (Å²) >= 11 is 1.21. The van der Waals surface area contributed by atoms with Crippen molar-refractivity contribution in [2.24, 2.45) is 0 Å². The fourth-order valence-electron chi connectivity index (χ4n) is 3.72. The number of carbonyl (C=O) groups is 1. The van der Waals surface area contributed by atoms with Gasteiger partial charge in [0, 0.05) is 38.3 Å². The van der Waals surface area contributed by atoms with Gasteiger partial charge in [0.1, 0.15) is 9.88 Å². The predicted octanol–water partition coefficient (Wildman–Crippen LogP) is 4.97. The van der Waals surface area contributed by atoms with Crippen LogP contribution in [0.25, 0.3) is 10.6 Å². The molecule has 1 aliphatic rings. The maximum Gasteiger partial charge on any atom is 0.416 e. The highest BCUT2D eigenvalue weighted by molar-refractivity contribution is 7.17. The third-order valence-corrected chi connectivity index (χ3v) is 6.79. The lowest BCUT2D eigenvalue weighted by molar-refractivity contribution is -0.137. The fraction of sp³-hybridized carbons (Fsp3) is 0.292. The molecule has 1 aromatic heterocycles. The average molecular weight is 471 g/mol. The molecule has 0 bridgehead atoms. The first-order chi connectivity index (χ1) is 15.7. The van der Waals surface area contributed by atoms with Crippen molar-refractivity contribution in [1.82, 2.24) is 14.8 Å². The van der Waals surface area contributed by atoms with Gasteiger partial charge in [0.25, 0.3) is 5.91 Å². The van der Waals surface area contributed by atoms with Gasteiger partial charge >= 0.3 is 6.18 Å². The van der Waals surface area contributed by atoms with Crippen molar-refractivity contribution >= 4 is 17.2 Å². The number of carbonyl (C=O) groups excluding carboxylic acids is 1. The zero-order valence-electron chi connectivity index (χ0n) is 17.9. The number of hydrogen-bond acceptors (Lipinski definition) is 5. The van der Waals surface area contributed by atoms with Crippen LogP contribution >= 0.6 is 11.3 Å². The minimum atomic E-state index is -4.39. The summed E-state index contributed by atoms with van der Waals surface area (Å²) in [7, 11) is 0. The Morgan fingerprint density at radius 3 is 2.27 bits per heavy atom. The summed E-state index contributed by atoms with van der Waals surface area (Å²) in [6.07, 6.45) is -4.39. The Balaban J connectivity index is 1.39. The van der Waals surface area contributed by atoms with Crippen molar-refractivity contribution in [3.8, 4) is 16.6 Å². The standard InChI is InChI=1S/C24H21F3N4OS/c1-16-21(33-22(29-16)19-6-8-20(9-7-19)24(25,26)27)23(32)31-12-10-30(11-13-31)15-18-4-2-17(14-28)3-5-18/h2-9H,10-13,15H2,1H3. The molecule has 1 saturated heterocycles. The smallest absolute Gasteiger partial charge is 0.335 e. The van der Waals surface area contributed by atoms with Crippen LogP contribution in [0.15, 0.2) is 48.5 Å². The number of nitriles is 1. The van der Waals surface area contributed by atoms with E-state index in [-0.39, 0.29) is 5.91 Å².